The van der Waals surface area contributed by atoms with E-state index in [0.717, 1.165) is 32.2 Å². The lowest BCUT2D eigenvalue weighted by Crippen LogP contribution is -2.43. The molecule has 0 atom stereocenters. The van der Waals surface area contributed by atoms with Crippen LogP contribution in [0.5, 0.6) is 0 Å². The summed E-state index contributed by atoms with van der Waals surface area (Å²) in [7, 11) is 3.62. The SMILES string of the molecule is CCNC(=NCC1(C(=O)N(C)C)CCCC1)NCCCC(=O)OCC. The van der Waals surface area contributed by atoms with Crippen LogP contribution in [0.25, 0.3) is 0 Å². The molecule has 1 fully saturated rings. The third-order valence-corrected chi connectivity index (χ3v) is 4.46. The number of carbonyl (C=O) groups is 2. The van der Waals surface area contributed by atoms with E-state index in [1.54, 1.807) is 11.8 Å². The number of guanidine groups is 1. The zero-order valence-electron chi connectivity index (χ0n) is 16.2. The molecule has 0 bridgehead atoms. The molecule has 2 N–H and O–H groups in total. The molecular formula is C18H34N4O3. The molecule has 144 valence electrons. The highest BCUT2D eigenvalue weighted by Crippen LogP contribution is 2.39. The van der Waals surface area contributed by atoms with Crippen molar-refractivity contribution >= 4 is 17.8 Å². The minimum absolute atomic E-state index is 0.173. The van der Waals surface area contributed by atoms with E-state index in [1.165, 1.54) is 0 Å². The van der Waals surface area contributed by atoms with E-state index >= 15 is 0 Å². The Morgan fingerprint density at radius 3 is 2.40 bits per heavy atom. The van der Waals surface area contributed by atoms with Gasteiger partial charge in [-0.1, -0.05) is 12.8 Å². The number of rotatable bonds is 9. The van der Waals surface area contributed by atoms with Crippen LogP contribution >= 0.6 is 0 Å². The monoisotopic (exact) mass is 354 g/mol. The molecule has 1 aliphatic carbocycles. The van der Waals surface area contributed by atoms with Crippen molar-refractivity contribution < 1.29 is 14.3 Å². The summed E-state index contributed by atoms with van der Waals surface area (Å²) in [4.78, 5) is 30.3. The van der Waals surface area contributed by atoms with Crippen molar-refractivity contribution in [2.45, 2.75) is 52.4 Å². The third-order valence-electron chi connectivity index (χ3n) is 4.46. The first-order chi connectivity index (χ1) is 11.9. The standard InChI is InChI=1S/C18H34N4O3/c1-5-19-17(20-13-9-10-15(23)25-6-2)21-14-18(11-7-8-12-18)16(24)22(3)4/h5-14H2,1-4H3,(H2,19,20,21). The summed E-state index contributed by atoms with van der Waals surface area (Å²) < 4.78 is 4.92. The molecule has 1 saturated carbocycles. The molecule has 0 spiro atoms. The highest BCUT2D eigenvalue weighted by Gasteiger charge is 2.41. The number of carbonyl (C=O) groups excluding carboxylic acids is 2. The van der Waals surface area contributed by atoms with Gasteiger partial charge in [-0.05, 0) is 33.1 Å². The quantitative estimate of drug-likeness (QED) is 0.284. The fourth-order valence-electron chi connectivity index (χ4n) is 3.21. The number of esters is 1. The van der Waals surface area contributed by atoms with Crippen LogP contribution in [-0.4, -0.2) is 63.1 Å². The van der Waals surface area contributed by atoms with E-state index in [0.29, 0.717) is 38.5 Å². The van der Waals surface area contributed by atoms with Crippen molar-refractivity contribution in [1.82, 2.24) is 15.5 Å². The van der Waals surface area contributed by atoms with Crippen LogP contribution in [0.2, 0.25) is 0 Å². The zero-order valence-corrected chi connectivity index (χ0v) is 16.2. The Kier molecular flexibility index (Phi) is 9.31. The second kappa shape index (κ2) is 10.9. The molecule has 1 rings (SSSR count). The molecule has 0 saturated heterocycles. The summed E-state index contributed by atoms with van der Waals surface area (Å²) in [6, 6.07) is 0. The van der Waals surface area contributed by atoms with Crippen molar-refractivity contribution in [2.24, 2.45) is 10.4 Å². The number of nitrogens with zero attached hydrogens (tertiary/aromatic N) is 2. The summed E-state index contributed by atoms with van der Waals surface area (Å²) in [6.07, 6.45) is 5.04. The number of amides is 1. The van der Waals surface area contributed by atoms with Gasteiger partial charge in [0, 0.05) is 33.6 Å². The molecule has 25 heavy (non-hydrogen) atoms. The zero-order chi connectivity index (χ0) is 18.7. The van der Waals surface area contributed by atoms with Crippen LogP contribution in [0, 0.1) is 5.41 Å². The van der Waals surface area contributed by atoms with E-state index in [9.17, 15) is 9.59 Å². The molecule has 0 aromatic carbocycles. The number of ether oxygens (including phenoxy) is 1. The van der Waals surface area contributed by atoms with Crippen LogP contribution in [-0.2, 0) is 14.3 Å². The fourth-order valence-corrected chi connectivity index (χ4v) is 3.21. The van der Waals surface area contributed by atoms with Gasteiger partial charge in [0.15, 0.2) is 5.96 Å². The lowest BCUT2D eigenvalue weighted by molar-refractivity contribution is -0.143. The van der Waals surface area contributed by atoms with Crippen molar-refractivity contribution in [1.29, 1.82) is 0 Å². The van der Waals surface area contributed by atoms with Gasteiger partial charge in [0.05, 0.1) is 18.6 Å². The Balaban J connectivity index is 2.58. The van der Waals surface area contributed by atoms with Crippen LogP contribution in [0.3, 0.4) is 0 Å². The molecule has 0 aromatic rings. The van der Waals surface area contributed by atoms with Gasteiger partial charge in [0.2, 0.25) is 5.91 Å². The van der Waals surface area contributed by atoms with Crippen LogP contribution in [0.4, 0.5) is 0 Å². The van der Waals surface area contributed by atoms with Gasteiger partial charge in [-0.2, -0.15) is 0 Å². The third kappa shape index (κ3) is 6.92. The molecule has 1 amide bonds. The van der Waals surface area contributed by atoms with Gasteiger partial charge in [-0.3, -0.25) is 14.6 Å². The molecule has 1 aliphatic rings. The predicted molar refractivity (Wildman–Crippen MR) is 99.4 cm³/mol. The van der Waals surface area contributed by atoms with Crippen LogP contribution in [0.1, 0.15) is 52.4 Å². The molecule has 7 heteroatoms. The Hall–Kier alpha value is -1.79. The second-order valence-electron chi connectivity index (χ2n) is 6.72. The number of hydrogen-bond donors (Lipinski definition) is 2. The smallest absolute Gasteiger partial charge is 0.305 e. The molecule has 0 heterocycles. The van der Waals surface area contributed by atoms with Crippen LogP contribution in [0.15, 0.2) is 4.99 Å². The normalized spacial score (nSPS) is 16.4. The Bertz CT molecular complexity index is 457. The van der Waals surface area contributed by atoms with Gasteiger partial charge >= 0.3 is 5.97 Å². The van der Waals surface area contributed by atoms with Crippen LogP contribution < -0.4 is 10.6 Å². The molecule has 7 nitrogen and oxygen atoms in total. The van der Waals surface area contributed by atoms with E-state index in [-0.39, 0.29) is 17.3 Å². The lowest BCUT2D eigenvalue weighted by atomic mass is 9.85. The highest BCUT2D eigenvalue weighted by molar-refractivity contribution is 5.84. The minimum Gasteiger partial charge on any atom is -0.466 e. The van der Waals surface area contributed by atoms with Gasteiger partial charge in [-0.15, -0.1) is 0 Å². The fraction of sp³-hybridized carbons (Fsp3) is 0.833. The first kappa shape index (κ1) is 21.3. The lowest BCUT2D eigenvalue weighted by Gasteiger charge is -2.29. The van der Waals surface area contributed by atoms with Crippen molar-refractivity contribution in [3.05, 3.63) is 0 Å². The first-order valence-corrected chi connectivity index (χ1v) is 9.34. The maximum absolute atomic E-state index is 12.6. The average molecular weight is 354 g/mol. The largest absolute Gasteiger partial charge is 0.466 e. The summed E-state index contributed by atoms with van der Waals surface area (Å²) >= 11 is 0. The van der Waals surface area contributed by atoms with Gasteiger partial charge in [0.25, 0.3) is 0 Å². The number of aliphatic imine (C=N–C) groups is 1. The Labute approximate surface area is 151 Å². The average Bonchev–Trinajstić information content (AvgIpc) is 3.06. The van der Waals surface area contributed by atoms with E-state index in [1.807, 2.05) is 21.0 Å². The van der Waals surface area contributed by atoms with E-state index in [2.05, 4.69) is 15.6 Å². The van der Waals surface area contributed by atoms with Crippen molar-refractivity contribution in [3.63, 3.8) is 0 Å². The number of hydrogen-bond acceptors (Lipinski definition) is 4. The molecule has 0 unspecified atom stereocenters. The summed E-state index contributed by atoms with van der Waals surface area (Å²) in [5.74, 6) is 0.698. The van der Waals surface area contributed by atoms with Crippen molar-refractivity contribution in [2.75, 3.05) is 40.3 Å². The minimum atomic E-state index is -0.364. The summed E-state index contributed by atoms with van der Waals surface area (Å²) in [6.45, 7) is 6.11. The van der Waals surface area contributed by atoms with Gasteiger partial charge in [-0.25, -0.2) is 0 Å². The van der Waals surface area contributed by atoms with E-state index in [4.69, 9.17) is 4.74 Å². The second-order valence-corrected chi connectivity index (χ2v) is 6.72. The maximum atomic E-state index is 12.6. The van der Waals surface area contributed by atoms with Gasteiger partial charge < -0.3 is 20.3 Å². The van der Waals surface area contributed by atoms with Gasteiger partial charge in [0.1, 0.15) is 0 Å². The van der Waals surface area contributed by atoms with Crippen molar-refractivity contribution in [3.8, 4) is 0 Å². The molecule has 0 radical (unpaired) electrons. The van der Waals surface area contributed by atoms with E-state index < -0.39 is 0 Å². The maximum Gasteiger partial charge on any atom is 0.305 e. The summed E-state index contributed by atoms with van der Waals surface area (Å²) in [5, 5.41) is 6.44. The predicted octanol–water partition coefficient (Wildman–Crippen LogP) is 1.53. The molecule has 0 aliphatic heterocycles. The molecular weight excluding hydrogens is 320 g/mol. The first-order valence-electron chi connectivity index (χ1n) is 9.34. The highest BCUT2D eigenvalue weighted by atomic mass is 16.5. The topological polar surface area (TPSA) is 83.0 Å². The summed E-state index contributed by atoms with van der Waals surface area (Å²) in [5.41, 5.74) is -0.364. The number of nitrogens with one attached hydrogen (secondary N) is 2. The Morgan fingerprint density at radius 2 is 1.84 bits per heavy atom. The Morgan fingerprint density at radius 1 is 1.16 bits per heavy atom. The molecule has 0 aromatic heterocycles.